The Kier molecular flexibility index (Phi) is 6.34. The van der Waals surface area contributed by atoms with Gasteiger partial charge in [0.1, 0.15) is 17.9 Å². The van der Waals surface area contributed by atoms with Crippen LogP contribution < -0.4 is 15.7 Å². The van der Waals surface area contributed by atoms with Crippen molar-refractivity contribution in [1.29, 1.82) is 5.26 Å². The first-order valence-electron chi connectivity index (χ1n) is 10.5. The number of hydrogen-bond acceptors (Lipinski definition) is 5. The fourth-order valence-corrected chi connectivity index (χ4v) is 3.78. The normalized spacial score (nSPS) is 11.1. The first-order valence-corrected chi connectivity index (χ1v) is 10.5. The Morgan fingerprint density at radius 2 is 2.00 bits per heavy atom. The number of H-pyrrole nitrogens is 1. The van der Waals surface area contributed by atoms with Gasteiger partial charge in [-0.3, -0.25) is 0 Å². The lowest BCUT2D eigenvalue weighted by Gasteiger charge is -2.09. The number of aryl methyl sites for hydroxylation is 2. The number of nitrogens with one attached hydrogen (secondary N) is 2. The summed E-state index contributed by atoms with van der Waals surface area (Å²) < 4.78 is 11.0. The second kappa shape index (κ2) is 9.50. The molecule has 2 aromatic heterocycles. The molecule has 0 aliphatic heterocycles. The molecule has 0 atom stereocenters. The molecular formula is C25H25N3O3. The highest BCUT2D eigenvalue weighted by atomic mass is 16.5. The summed E-state index contributed by atoms with van der Waals surface area (Å²) in [4.78, 5) is 14.8. The van der Waals surface area contributed by atoms with Crippen molar-refractivity contribution in [3.05, 3.63) is 75.8 Å². The van der Waals surface area contributed by atoms with Crippen LogP contribution in [0.3, 0.4) is 0 Å². The average Bonchev–Trinajstić information content (AvgIpc) is 3.17. The van der Waals surface area contributed by atoms with Crippen molar-refractivity contribution in [2.75, 3.05) is 19.7 Å². The summed E-state index contributed by atoms with van der Waals surface area (Å²) in [5.74, 6) is 0.694. The van der Waals surface area contributed by atoms with Crippen LogP contribution in [0.2, 0.25) is 0 Å². The molecule has 2 aromatic carbocycles. The lowest BCUT2D eigenvalue weighted by atomic mass is 10.1. The van der Waals surface area contributed by atoms with Gasteiger partial charge in [0.2, 0.25) is 0 Å². The van der Waals surface area contributed by atoms with E-state index < -0.39 is 0 Å². The summed E-state index contributed by atoms with van der Waals surface area (Å²) >= 11 is 0. The number of aromatic amines is 1. The molecule has 0 spiro atoms. The third-order valence-electron chi connectivity index (χ3n) is 5.42. The quantitative estimate of drug-likeness (QED) is 0.311. The van der Waals surface area contributed by atoms with Crippen molar-refractivity contribution in [2.45, 2.75) is 26.2 Å². The van der Waals surface area contributed by atoms with Crippen LogP contribution in [0.1, 0.15) is 29.5 Å². The molecule has 0 aliphatic carbocycles. The van der Waals surface area contributed by atoms with Crippen LogP contribution in [-0.4, -0.2) is 24.7 Å². The third kappa shape index (κ3) is 4.96. The largest absolute Gasteiger partial charge is 0.492 e. The first kappa shape index (κ1) is 20.7. The van der Waals surface area contributed by atoms with Crippen molar-refractivity contribution in [2.24, 2.45) is 0 Å². The summed E-state index contributed by atoms with van der Waals surface area (Å²) in [6.45, 7) is 4.10. The Morgan fingerprint density at radius 1 is 1.10 bits per heavy atom. The Hall–Kier alpha value is -3.56. The van der Waals surface area contributed by atoms with Gasteiger partial charge < -0.3 is 19.5 Å². The average molecular weight is 415 g/mol. The van der Waals surface area contributed by atoms with Crippen molar-refractivity contribution >= 4 is 21.9 Å². The van der Waals surface area contributed by atoms with Crippen LogP contribution in [0.4, 0.5) is 0 Å². The predicted molar refractivity (Wildman–Crippen MR) is 122 cm³/mol. The Labute approximate surface area is 180 Å². The smallest absolute Gasteiger partial charge is 0.336 e. The number of rotatable bonds is 9. The van der Waals surface area contributed by atoms with E-state index in [4.69, 9.17) is 14.4 Å². The van der Waals surface area contributed by atoms with Crippen molar-refractivity contribution in [3.8, 4) is 11.8 Å². The lowest BCUT2D eigenvalue weighted by Crippen LogP contribution is -2.22. The zero-order valence-electron chi connectivity index (χ0n) is 17.5. The molecule has 2 heterocycles. The van der Waals surface area contributed by atoms with E-state index in [0.29, 0.717) is 23.5 Å². The molecule has 0 saturated carbocycles. The molecule has 31 heavy (non-hydrogen) atoms. The second-order valence-electron chi connectivity index (χ2n) is 7.65. The van der Waals surface area contributed by atoms with Gasteiger partial charge in [-0.1, -0.05) is 0 Å². The zero-order chi connectivity index (χ0) is 21.6. The Bertz CT molecular complexity index is 1300. The highest BCUT2D eigenvalue weighted by Crippen LogP contribution is 2.22. The van der Waals surface area contributed by atoms with Gasteiger partial charge in [0.15, 0.2) is 0 Å². The number of fused-ring (bicyclic) bond motifs is 2. The van der Waals surface area contributed by atoms with Gasteiger partial charge in [0.25, 0.3) is 0 Å². The Morgan fingerprint density at radius 3 is 2.87 bits per heavy atom. The molecule has 0 bridgehead atoms. The first-order chi connectivity index (χ1) is 15.1. The van der Waals surface area contributed by atoms with E-state index in [1.165, 1.54) is 11.6 Å². The number of nitrogens with zero attached hydrogens (tertiary/aromatic N) is 1. The maximum atomic E-state index is 11.5. The van der Waals surface area contributed by atoms with Crippen LogP contribution >= 0.6 is 0 Å². The highest BCUT2D eigenvalue weighted by Gasteiger charge is 2.06. The van der Waals surface area contributed by atoms with Crippen molar-refractivity contribution in [3.63, 3.8) is 0 Å². The number of nitriles is 1. The fraction of sp³-hybridized carbons (Fsp3) is 0.280. The van der Waals surface area contributed by atoms with Crippen molar-refractivity contribution in [1.82, 2.24) is 10.3 Å². The van der Waals surface area contributed by atoms with E-state index in [2.05, 4.69) is 16.4 Å². The van der Waals surface area contributed by atoms with Crippen molar-refractivity contribution < 1.29 is 9.15 Å². The monoisotopic (exact) mass is 415 g/mol. The number of aromatic nitrogens is 1. The predicted octanol–water partition coefficient (Wildman–Crippen LogP) is 4.45. The van der Waals surface area contributed by atoms with Crippen LogP contribution in [0.15, 0.2) is 57.9 Å². The third-order valence-corrected chi connectivity index (χ3v) is 5.42. The fourth-order valence-electron chi connectivity index (χ4n) is 3.78. The maximum Gasteiger partial charge on any atom is 0.336 e. The molecule has 4 rings (SSSR count). The van der Waals surface area contributed by atoms with Gasteiger partial charge in [-0.15, -0.1) is 0 Å². The summed E-state index contributed by atoms with van der Waals surface area (Å²) in [5, 5.41) is 14.5. The molecule has 0 radical (unpaired) electrons. The topological polar surface area (TPSA) is 91.0 Å². The number of unbranched alkanes of at least 4 members (excludes halogenated alkanes) is 1. The standard InChI is InChI=1S/C25H25N3O3/c1-17-12-25(29)31-24-14-20(6-7-21(17)24)30-11-10-27-9-3-2-4-19-16-28-23-8-5-18(15-26)13-22(19)23/h5-8,12-14,16,27-28H,2-4,9-11H2,1H3. The van der Waals surface area contributed by atoms with E-state index in [-0.39, 0.29) is 5.63 Å². The van der Waals surface area contributed by atoms with Crippen LogP contribution in [0.25, 0.3) is 21.9 Å². The second-order valence-corrected chi connectivity index (χ2v) is 7.65. The minimum atomic E-state index is -0.345. The van der Waals surface area contributed by atoms with E-state index >= 15 is 0 Å². The molecule has 0 amide bonds. The Balaban J connectivity index is 1.17. The minimum absolute atomic E-state index is 0.345. The van der Waals surface area contributed by atoms with Crippen LogP contribution in [0.5, 0.6) is 5.75 Å². The van der Waals surface area contributed by atoms with Gasteiger partial charge in [0, 0.05) is 41.2 Å². The van der Waals surface area contributed by atoms with Gasteiger partial charge in [-0.2, -0.15) is 5.26 Å². The zero-order valence-corrected chi connectivity index (χ0v) is 17.5. The van der Waals surface area contributed by atoms with Crippen LogP contribution in [0, 0.1) is 18.3 Å². The molecule has 6 nitrogen and oxygen atoms in total. The highest BCUT2D eigenvalue weighted by molar-refractivity contribution is 5.84. The van der Waals surface area contributed by atoms with E-state index in [1.54, 1.807) is 6.07 Å². The molecule has 0 saturated heterocycles. The molecule has 0 unspecified atom stereocenters. The number of ether oxygens (including phenoxy) is 1. The summed E-state index contributed by atoms with van der Waals surface area (Å²) in [6, 6.07) is 15.0. The summed E-state index contributed by atoms with van der Waals surface area (Å²) in [7, 11) is 0. The molecule has 0 fully saturated rings. The van der Waals surface area contributed by atoms with Gasteiger partial charge in [0.05, 0.1) is 11.6 Å². The molecule has 0 aliphatic rings. The maximum absolute atomic E-state index is 11.5. The van der Waals surface area contributed by atoms with E-state index in [1.807, 2.05) is 43.5 Å². The SMILES string of the molecule is Cc1cc(=O)oc2cc(OCCNCCCCc3c[nH]c4ccc(C#N)cc34)ccc12. The number of benzene rings is 2. The lowest BCUT2D eigenvalue weighted by molar-refractivity contribution is 0.313. The van der Waals surface area contributed by atoms with E-state index in [0.717, 1.165) is 54.2 Å². The molecule has 6 heteroatoms. The van der Waals surface area contributed by atoms with E-state index in [9.17, 15) is 4.79 Å². The molecule has 158 valence electrons. The summed E-state index contributed by atoms with van der Waals surface area (Å²) in [5.41, 5.74) is 4.13. The summed E-state index contributed by atoms with van der Waals surface area (Å²) in [6.07, 6.45) is 5.15. The minimum Gasteiger partial charge on any atom is -0.492 e. The molecule has 4 aromatic rings. The van der Waals surface area contributed by atoms with Gasteiger partial charge in [-0.05, 0) is 74.2 Å². The van der Waals surface area contributed by atoms with Crippen LogP contribution in [-0.2, 0) is 6.42 Å². The number of hydrogen-bond donors (Lipinski definition) is 2. The molecule has 2 N–H and O–H groups in total. The molecular weight excluding hydrogens is 390 g/mol. The van der Waals surface area contributed by atoms with Gasteiger partial charge >= 0.3 is 5.63 Å². The van der Waals surface area contributed by atoms with Gasteiger partial charge in [-0.25, -0.2) is 4.79 Å².